The van der Waals surface area contributed by atoms with E-state index >= 15 is 0 Å². The van der Waals surface area contributed by atoms with Gasteiger partial charge in [0.15, 0.2) is 0 Å². The normalized spacial score (nSPS) is 11.0. The standard InChI is InChI=1S/C18H21F2N/c1-2-21-13-16(9-14-5-3-7-17(19)11-14)10-15-6-4-8-18(20)12-15/h3-8,11-12,16,21H,2,9-10,13H2,1H3. The lowest BCUT2D eigenvalue weighted by Gasteiger charge is -2.18. The minimum Gasteiger partial charge on any atom is -0.317 e. The van der Waals surface area contributed by atoms with Crippen LogP contribution in [0.4, 0.5) is 8.78 Å². The first kappa shape index (κ1) is 15.6. The van der Waals surface area contributed by atoms with E-state index in [-0.39, 0.29) is 11.6 Å². The molecule has 2 aromatic rings. The first-order valence-electron chi connectivity index (χ1n) is 7.37. The first-order valence-corrected chi connectivity index (χ1v) is 7.37. The minimum absolute atomic E-state index is 0.208. The monoisotopic (exact) mass is 289 g/mol. The van der Waals surface area contributed by atoms with Crippen molar-refractivity contribution in [2.75, 3.05) is 13.1 Å². The number of rotatable bonds is 7. The highest BCUT2D eigenvalue weighted by Crippen LogP contribution is 2.16. The van der Waals surface area contributed by atoms with Crippen LogP contribution in [0.3, 0.4) is 0 Å². The van der Waals surface area contributed by atoms with Crippen LogP contribution < -0.4 is 5.32 Å². The Morgan fingerprint density at radius 2 is 1.43 bits per heavy atom. The third-order valence-electron chi connectivity index (χ3n) is 3.51. The molecule has 112 valence electrons. The van der Waals surface area contributed by atoms with E-state index < -0.39 is 0 Å². The molecule has 0 amide bonds. The summed E-state index contributed by atoms with van der Waals surface area (Å²) in [5.74, 6) is -0.102. The van der Waals surface area contributed by atoms with E-state index in [1.54, 1.807) is 24.3 Å². The molecule has 0 aliphatic carbocycles. The van der Waals surface area contributed by atoms with Crippen LogP contribution in [-0.2, 0) is 12.8 Å². The van der Waals surface area contributed by atoms with Crippen molar-refractivity contribution in [3.8, 4) is 0 Å². The Bertz CT molecular complexity index is 521. The van der Waals surface area contributed by atoms with Gasteiger partial charge in [-0.2, -0.15) is 0 Å². The number of nitrogens with one attached hydrogen (secondary N) is 1. The van der Waals surface area contributed by atoms with Gasteiger partial charge in [-0.15, -0.1) is 0 Å². The van der Waals surface area contributed by atoms with Crippen molar-refractivity contribution in [2.45, 2.75) is 19.8 Å². The van der Waals surface area contributed by atoms with Crippen molar-refractivity contribution < 1.29 is 8.78 Å². The molecular weight excluding hydrogens is 268 g/mol. The first-order chi connectivity index (χ1) is 10.2. The summed E-state index contributed by atoms with van der Waals surface area (Å²) in [5, 5.41) is 3.33. The molecule has 3 heteroatoms. The van der Waals surface area contributed by atoms with Crippen molar-refractivity contribution in [1.82, 2.24) is 5.32 Å². The molecule has 0 spiro atoms. The van der Waals surface area contributed by atoms with Gasteiger partial charge in [0.25, 0.3) is 0 Å². The second-order valence-electron chi connectivity index (χ2n) is 5.34. The summed E-state index contributed by atoms with van der Waals surface area (Å²) < 4.78 is 26.6. The Morgan fingerprint density at radius 3 is 1.86 bits per heavy atom. The quantitative estimate of drug-likeness (QED) is 0.813. The van der Waals surface area contributed by atoms with Gasteiger partial charge >= 0.3 is 0 Å². The summed E-state index contributed by atoms with van der Waals surface area (Å²) in [6.45, 7) is 3.79. The summed E-state index contributed by atoms with van der Waals surface area (Å²) in [5.41, 5.74) is 1.96. The molecule has 21 heavy (non-hydrogen) atoms. The summed E-state index contributed by atoms with van der Waals surface area (Å²) in [7, 11) is 0. The van der Waals surface area contributed by atoms with Gasteiger partial charge in [-0.05, 0) is 67.2 Å². The van der Waals surface area contributed by atoms with Crippen molar-refractivity contribution in [2.24, 2.45) is 5.92 Å². The van der Waals surface area contributed by atoms with Gasteiger partial charge in [0.2, 0.25) is 0 Å². The largest absolute Gasteiger partial charge is 0.317 e. The average Bonchev–Trinajstić information content (AvgIpc) is 2.45. The van der Waals surface area contributed by atoms with Crippen LogP contribution in [0.25, 0.3) is 0 Å². The summed E-state index contributed by atoms with van der Waals surface area (Å²) >= 11 is 0. The van der Waals surface area contributed by atoms with Crippen LogP contribution in [0.2, 0.25) is 0 Å². The van der Waals surface area contributed by atoms with Crippen LogP contribution in [-0.4, -0.2) is 13.1 Å². The highest BCUT2D eigenvalue weighted by atomic mass is 19.1. The Morgan fingerprint density at radius 1 is 0.905 bits per heavy atom. The van der Waals surface area contributed by atoms with E-state index in [0.717, 1.165) is 37.1 Å². The van der Waals surface area contributed by atoms with Crippen molar-refractivity contribution in [1.29, 1.82) is 0 Å². The van der Waals surface area contributed by atoms with Crippen molar-refractivity contribution in [3.05, 3.63) is 71.3 Å². The maximum Gasteiger partial charge on any atom is 0.123 e. The fraction of sp³-hybridized carbons (Fsp3) is 0.333. The third-order valence-corrected chi connectivity index (χ3v) is 3.51. The molecule has 2 aromatic carbocycles. The van der Waals surface area contributed by atoms with Crippen LogP contribution in [0.1, 0.15) is 18.1 Å². The average molecular weight is 289 g/mol. The molecule has 0 bridgehead atoms. The summed E-state index contributed by atoms with van der Waals surface area (Å²) in [4.78, 5) is 0. The maximum atomic E-state index is 13.3. The van der Waals surface area contributed by atoms with Crippen molar-refractivity contribution >= 4 is 0 Å². The second-order valence-corrected chi connectivity index (χ2v) is 5.34. The Labute approximate surface area is 125 Å². The van der Waals surface area contributed by atoms with Gasteiger partial charge in [0.05, 0.1) is 0 Å². The molecular formula is C18H21F2N. The Kier molecular flexibility index (Phi) is 5.88. The Balaban J connectivity index is 2.06. The van der Waals surface area contributed by atoms with E-state index in [1.807, 2.05) is 12.1 Å². The zero-order valence-electron chi connectivity index (χ0n) is 12.3. The molecule has 0 radical (unpaired) electrons. The predicted octanol–water partition coefficient (Wildman–Crippen LogP) is 3.98. The van der Waals surface area contributed by atoms with Crippen molar-refractivity contribution in [3.63, 3.8) is 0 Å². The molecule has 0 atom stereocenters. The summed E-state index contributed by atoms with van der Waals surface area (Å²) in [6.07, 6.45) is 1.56. The molecule has 0 saturated carbocycles. The highest BCUT2D eigenvalue weighted by molar-refractivity contribution is 5.20. The number of benzene rings is 2. The zero-order valence-corrected chi connectivity index (χ0v) is 12.3. The van der Waals surface area contributed by atoms with Crippen LogP contribution in [0.15, 0.2) is 48.5 Å². The third kappa shape index (κ3) is 5.27. The smallest absolute Gasteiger partial charge is 0.123 e. The molecule has 1 N–H and O–H groups in total. The van der Waals surface area contributed by atoms with E-state index in [2.05, 4.69) is 12.2 Å². The van der Waals surface area contributed by atoms with Gasteiger partial charge in [0.1, 0.15) is 11.6 Å². The summed E-state index contributed by atoms with van der Waals surface area (Å²) in [6, 6.07) is 13.4. The lowest BCUT2D eigenvalue weighted by Crippen LogP contribution is -2.25. The van der Waals surface area contributed by atoms with Crippen LogP contribution in [0.5, 0.6) is 0 Å². The highest BCUT2D eigenvalue weighted by Gasteiger charge is 2.11. The molecule has 0 unspecified atom stereocenters. The molecule has 0 aliphatic rings. The molecule has 0 aromatic heterocycles. The fourth-order valence-electron chi connectivity index (χ4n) is 2.56. The second kappa shape index (κ2) is 7.89. The van der Waals surface area contributed by atoms with Gasteiger partial charge < -0.3 is 5.32 Å². The van der Waals surface area contributed by atoms with E-state index in [0.29, 0.717) is 5.92 Å². The number of hydrogen-bond acceptors (Lipinski definition) is 1. The zero-order chi connectivity index (χ0) is 15.1. The number of halogens is 2. The minimum atomic E-state index is -0.208. The molecule has 0 heterocycles. The van der Waals surface area contributed by atoms with Gasteiger partial charge in [0, 0.05) is 0 Å². The van der Waals surface area contributed by atoms with Crippen LogP contribution in [0, 0.1) is 17.6 Å². The SMILES string of the molecule is CCNCC(Cc1cccc(F)c1)Cc1cccc(F)c1. The molecule has 0 fully saturated rings. The molecule has 0 aliphatic heterocycles. The van der Waals surface area contributed by atoms with E-state index in [1.165, 1.54) is 12.1 Å². The fourth-order valence-corrected chi connectivity index (χ4v) is 2.56. The predicted molar refractivity (Wildman–Crippen MR) is 82.2 cm³/mol. The number of hydrogen-bond donors (Lipinski definition) is 1. The Hall–Kier alpha value is -1.74. The van der Waals surface area contributed by atoms with E-state index in [4.69, 9.17) is 0 Å². The van der Waals surface area contributed by atoms with Crippen LogP contribution >= 0.6 is 0 Å². The maximum absolute atomic E-state index is 13.3. The van der Waals surface area contributed by atoms with Gasteiger partial charge in [-0.1, -0.05) is 31.2 Å². The van der Waals surface area contributed by atoms with E-state index in [9.17, 15) is 8.78 Å². The molecule has 0 saturated heterocycles. The van der Waals surface area contributed by atoms with Gasteiger partial charge in [-0.25, -0.2) is 8.78 Å². The molecule has 1 nitrogen and oxygen atoms in total. The van der Waals surface area contributed by atoms with Gasteiger partial charge in [-0.3, -0.25) is 0 Å². The topological polar surface area (TPSA) is 12.0 Å². The lowest BCUT2D eigenvalue weighted by molar-refractivity contribution is 0.475. The molecule has 2 rings (SSSR count). The lowest BCUT2D eigenvalue weighted by atomic mass is 9.92.